The summed E-state index contributed by atoms with van der Waals surface area (Å²) in [5.41, 5.74) is 8.92. The number of nitrogens with zero attached hydrogens (tertiary/aromatic N) is 2. The number of thioether (sulfide) groups is 2. The second-order valence-electron chi connectivity index (χ2n) is 20.4. The van der Waals surface area contributed by atoms with Crippen LogP contribution >= 0.6 is 23.5 Å². The summed E-state index contributed by atoms with van der Waals surface area (Å²) < 4.78 is 46.2. The third kappa shape index (κ3) is 12.0. The Morgan fingerprint density at radius 3 is 2.22 bits per heavy atom. The first-order valence-corrected chi connectivity index (χ1v) is 28.6. The predicted molar refractivity (Wildman–Crippen MR) is 310 cm³/mol. The molecule has 3 aliphatic rings. The van der Waals surface area contributed by atoms with Crippen molar-refractivity contribution in [2.24, 2.45) is 5.92 Å². The molecule has 2 fully saturated rings. The van der Waals surface area contributed by atoms with Gasteiger partial charge in [-0.3, -0.25) is 0 Å². The smallest absolute Gasteiger partial charge is 0.343 e. The van der Waals surface area contributed by atoms with Crippen molar-refractivity contribution in [3.63, 3.8) is 0 Å². The quantitative estimate of drug-likeness (QED) is 0.0236. The molecule has 79 heavy (non-hydrogen) atoms. The highest BCUT2D eigenvalue weighted by molar-refractivity contribution is 8.25. The fourth-order valence-corrected chi connectivity index (χ4v) is 13.2. The van der Waals surface area contributed by atoms with Crippen LogP contribution in [0.3, 0.4) is 0 Å². The van der Waals surface area contributed by atoms with Gasteiger partial charge in [0, 0.05) is 30.1 Å². The van der Waals surface area contributed by atoms with Crippen LogP contribution in [-0.4, -0.2) is 53.9 Å². The first-order chi connectivity index (χ1) is 38.5. The highest BCUT2D eigenvalue weighted by Crippen LogP contribution is 2.60. The molecule has 2 aliphatic heterocycles. The molecule has 3 atom stereocenters. The van der Waals surface area contributed by atoms with Gasteiger partial charge in [-0.25, -0.2) is 23.8 Å². The van der Waals surface area contributed by atoms with Gasteiger partial charge in [-0.2, -0.15) is 0 Å². The number of H-pyrrole nitrogens is 1. The summed E-state index contributed by atoms with van der Waals surface area (Å²) >= 11 is 3.07. The van der Waals surface area contributed by atoms with Gasteiger partial charge in [-0.1, -0.05) is 123 Å². The van der Waals surface area contributed by atoms with E-state index in [1.165, 1.54) is 29.8 Å². The number of imidazole rings is 1. The van der Waals surface area contributed by atoms with Gasteiger partial charge in [0.05, 0.1) is 56.7 Å². The number of aryl methyl sites for hydroxylation is 4. The van der Waals surface area contributed by atoms with Crippen LogP contribution in [0.2, 0.25) is 0 Å². The second-order valence-corrected chi connectivity index (χ2v) is 22.7. The Morgan fingerprint density at radius 2 is 1.46 bits per heavy atom. The Bertz CT molecular complexity index is 3800. The van der Waals surface area contributed by atoms with Gasteiger partial charge in [0.15, 0.2) is 17.3 Å². The van der Waals surface area contributed by atoms with Crippen LogP contribution in [0.4, 0.5) is 10.1 Å². The number of hydrogen-bond acceptors (Lipinski definition) is 10. The van der Waals surface area contributed by atoms with E-state index in [1.54, 1.807) is 55.1 Å². The van der Waals surface area contributed by atoms with Crippen molar-refractivity contribution >= 4 is 68.5 Å². The molecular weight excluding hydrogens is 1030 g/mol. The molecule has 10 nitrogen and oxygen atoms in total. The number of carbonyl (C=O) groups excluding carboxylic acids is 2. The summed E-state index contributed by atoms with van der Waals surface area (Å²) in [5, 5.41) is 1.79. The SMILES string of the molecule is [C-]#[N+]c1ccc(/C(=C2\Sc3c(c(C)c4[nH]c(C#Cc5ccc(CCC)cc5F)nc4c3OC(=O)c3ccc(OC(=O)c4ccc5cc(OCCCOCC6CCC7OC7C6)ccc5c4)c(C)c3)S2)c2ccc(CCC)cc2)cc1. The largest absolute Gasteiger partial charge is 0.493 e. The molecule has 7 aromatic carbocycles. The third-order valence-corrected chi connectivity index (χ3v) is 17.3. The van der Waals surface area contributed by atoms with E-state index in [-0.39, 0.29) is 22.7 Å². The molecule has 398 valence electrons. The number of carbonyl (C=O) groups is 2. The molecule has 1 saturated heterocycles. The second kappa shape index (κ2) is 23.8. The van der Waals surface area contributed by atoms with Crippen molar-refractivity contribution in [3.05, 3.63) is 199 Å². The fraction of sp³-hybridized carbons (Fsp3) is 0.273. The summed E-state index contributed by atoms with van der Waals surface area (Å²) in [6.45, 7) is 17.5. The van der Waals surface area contributed by atoms with Gasteiger partial charge in [0.1, 0.15) is 22.8 Å². The summed E-state index contributed by atoms with van der Waals surface area (Å²) in [6.07, 6.45) is 8.86. The van der Waals surface area contributed by atoms with Crippen LogP contribution < -0.4 is 14.2 Å². The Balaban J connectivity index is 0.834. The molecule has 1 saturated carbocycles. The van der Waals surface area contributed by atoms with Crippen LogP contribution in [0.5, 0.6) is 17.2 Å². The number of ether oxygens (including phenoxy) is 5. The molecule has 11 rings (SSSR count). The minimum atomic E-state index is -0.643. The predicted octanol–water partition coefficient (Wildman–Crippen LogP) is 15.7. The van der Waals surface area contributed by atoms with Crippen LogP contribution in [0.1, 0.15) is 118 Å². The van der Waals surface area contributed by atoms with Gasteiger partial charge >= 0.3 is 11.9 Å². The van der Waals surface area contributed by atoms with Crippen molar-refractivity contribution in [1.82, 2.24) is 9.97 Å². The Hall–Kier alpha value is -7.65. The number of fused-ring (bicyclic) bond motifs is 4. The Labute approximate surface area is 468 Å². The van der Waals surface area contributed by atoms with E-state index in [9.17, 15) is 9.59 Å². The first-order valence-electron chi connectivity index (χ1n) is 27.0. The van der Waals surface area contributed by atoms with Gasteiger partial charge in [-0.05, 0) is 157 Å². The monoisotopic (exact) mass is 1090 g/mol. The van der Waals surface area contributed by atoms with Gasteiger partial charge in [0.25, 0.3) is 0 Å². The minimum absolute atomic E-state index is 0.235. The molecular formula is C66H58FN3O7S2. The van der Waals surface area contributed by atoms with E-state index in [2.05, 4.69) is 59.8 Å². The van der Waals surface area contributed by atoms with Crippen LogP contribution in [0, 0.1) is 44.0 Å². The zero-order valence-corrected chi connectivity index (χ0v) is 46.1. The molecule has 13 heteroatoms. The first kappa shape index (κ1) is 53.4. The van der Waals surface area contributed by atoms with Crippen LogP contribution in [0.15, 0.2) is 135 Å². The number of epoxide rings is 1. The van der Waals surface area contributed by atoms with Crippen LogP contribution in [0.25, 0.3) is 32.2 Å². The van der Waals surface area contributed by atoms with Gasteiger partial charge < -0.3 is 28.7 Å². The summed E-state index contributed by atoms with van der Waals surface area (Å²) in [7, 11) is 0. The lowest BCUT2D eigenvalue weighted by atomic mass is 9.90. The number of esters is 2. The molecule has 1 N–H and O–H groups in total. The number of aromatic nitrogens is 2. The Morgan fingerprint density at radius 1 is 0.759 bits per heavy atom. The third-order valence-electron chi connectivity index (χ3n) is 14.6. The summed E-state index contributed by atoms with van der Waals surface area (Å²) in [5.74, 6) is 6.56. The van der Waals surface area contributed by atoms with Crippen molar-refractivity contribution < 1.29 is 37.7 Å². The lowest BCUT2D eigenvalue weighted by Crippen LogP contribution is -2.19. The molecule has 0 bridgehead atoms. The highest BCUT2D eigenvalue weighted by Gasteiger charge is 2.43. The molecule has 1 aliphatic carbocycles. The van der Waals surface area contributed by atoms with Gasteiger partial charge in [0.2, 0.25) is 0 Å². The molecule has 0 radical (unpaired) electrons. The van der Waals surface area contributed by atoms with Crippen molar-refractivity contribution in [2.45, 2.75) is 101 Å². The number of rotatable bonds is 17. The molecule has 1 aromatic heterocycles. The maximum atomic E-state index is 15.2. The average molecular weight is 1090 g/mol. The summed E-state index contributed by atoms with van der Waals surface area (Å²) in [6, 6.07) is 37.3. The van der Waals surface area contributed by atoms with Crippen molar-refractivity contribution in [2.75, 3.05) is 19.8 Å². The standard InChI is InChI=1S/C66H58FN3O7S2/c1-6-9-41-11-16-45(17-12-41)58(46-20-25-51(68-5)26-21-46)66-78-62-40(4)59-60(70-57(69-59)30-24-44-15-13-42(10-7-2)34-53(44)67)61(63(62)79-66)77-65(72)49-23-29-54(39(3)33-49)76-64(71)50-19-18-48-37-52(27-22-47(48)36-50)74-32-8-31-73-38-43-14-28-55-56(35-43)75-55/h11-13,15-23,25-27,29,33-34,36-37,43,55-56H,6-10,14,28,31-32,35,38H2,1-4H3,(H,69,70)/b66-58-. The highest BCUT2D eigenvalue weighted by atomic mass is 32.2. The van der Waals surface area contributed by atoms with Crippen molar-refractivity contribution in [1.29, 1.82) is 0 Å². The minimum Gasteiger partial charge on any atom is -0.493 e. The number of hydrogen-bond donors (Lipinski definition) is 1. The lowest BCUT2D eigenvalue weighted by molar-refractivity contribution is 0.0728. The molecule has 0 spiro atoms. The fourth-order valence-electron chi connectivity index (χ4n) is 10.3. The number of benzene rings is 7. The normalized spacial score (nSPS) is 16.8. The van der Waals surface area contributed by atoms with Gasteiger partial charge in [-0.15, -0.1) is 0 Å². The van der Waals surface area contributed by atoms with Crippen molar-refractivity contribution in [3.8, 4) is 29.1 Å². The molecule has 0 amide bonds. The lowest BCUT2D eigenvalue weighted by Gasteiger charge is -2.18. The van der Waals surface area contributed by atoms with E-state index in [4.69, 9.17) is 35.2 Å². The van der Waals surface area contributed by atoms with E-state index in [1.807, 2.05) is 61.5 Å². The molecule has 3 heterocycles. The van der Waals surface area contributed by atoms with E-state index in [0.29, 0.717) is 69.8 Å². The van der Waals surface area contributed by atoms with Crippen LogP contribution in [-0.2, 0) is 22.3 Å². The summed E-state index contributed by atoms with van der Waals surface area (Å²) in [4.78, 5) is 41.6. The Kier molecular flexibility index (Phi) is 16.0. The van der Waals surface area contributed by atoms with E-state index >= 15 is 4.39 Å². The number of nitrogens with one attached hydrogen (secondary N) is 1. The molecule has 3 unspecified atom stereocenters. The average Bonchev–Trinajstić information content (AvgIpc) is 4.15. The van der Waals surface area contributed by atoms with E-state index in [0.717, 1.165) is 105 Å². The number of halogens is 1. The maximum Gasteiger partial charge on any atom is 0.343 e. The topological polar surface area (TPSA) is 117 Å². The zero-order valence-electron chi connectivity index (χ0n) is 44.5. The molecule has 8 aromatic rings. The maximum absolute atomic E-state index is 15.2. The number of aromatic amines is 1. The zero-order chi connectivity index (χ0) is 54.6. The van der Waals surface area contributed by atoms with E-state index < -0.39 is 17.8 Å².